The topological polar surface area (TPSA) is 20.3 Å². The highest BCUT2D eigenvalue weighted by Gasteiger charge is 2.27. The van der Waals surface area contributed by atoms with Gasteiger partial charge in [0.25, 0.3) is 0 Å². The van der Waals surface area contributed by atoms with Crippen LogP contribution >= 0.6 is 24.4 Å². The van der Waals surface area contributed by atoms with E-state index in [4.69, 9.17) is 0 Å². The van der Waals surface area contributed by atoms with Crippen LogP contribution in [0.5, 0.6) is 0 Å². The third-order valence-electron chi connectivity index (χ3n) is 2.55. The maximum atomic E-state index is 11.7. The second-order valence-corrected chi connectivity index (χ2v) is 5.32. The lowest BCUT2D eigenvalue weighted by atomic mass is 10.2. The van der Waals surface area contributed by atoms with E-state index in [1.54, 1.807) is 16.7 Å². The summed E-state index contributed by atoms with van der Waals surface area (Å²) in [6.45, 7) is 1.94. The van der Waals surface area contributed by atoms with Crippen molar-refractivity contribution in [2.75, 3.05) is 11.9 Å². The second kappa shape index (κ2) is 4.10. The first-order valence-electron chi connectivity index (χ1n) is 4.81. The van der Waals surface area contributed by atoms with Crippen LogP contribution in [0.3, 0.4) is 0 Å². The van der Waals surface area contributed by atoms with Crippen molar-refractivity contribution in [3.63, 3.8) is 0 Å². The number of thioether (sulfide) groups is 1. The molecular formula is C11H13NOS2. The largest absolute Gasteiger partial charge is 0.313 e. The summed E-state index contributed by atoms with van der Waals surface area (Å²) in [5, 5.41) is 0.0117. The van der Waals surface area contributed by atoms with Gasteiger partial charge in [0, 0.05) is 17.7 Å². The summed E-state index contributed by atoms with van der Waals surface area (Å²) in [5.41, 5.74) is 2.20. The Bertz CT molecular complexity index is 406. The summed E-state index contributed by atoms with van der Waals surface area (Å²) in [6, 6.07) is 6.14. The number of hydrogen-bond acceptors (Lipinski definition) is 3. The van der Waals surface area contributed by atoms with Crippen LogP contribution in [0.25, 0.3) is 0 Å². The summed E-state index contributed by atoms with van der Waals surface area (Å²) in [6.07, 6.45) is 0. The van der Waals surface area contributed by atoms with Gasteiger partial charge in [-0.3, -0.25) is 4.79 Å². The van der Waals surface area contributed by atoms with Crippen LogP contribution in [-0.2, 0) is 10.5 Å². The predicted molar refractivity (Wildman–Crippen MR) is 67.9 cm³/mol. The summed E-state index contributed by atoms with van der Waals surface area (Å²) < 4.78 is 0. The zero-order valence-electron chi connectivity index (χ0n) is 8.73. The molecule has 1 unspecified atom stereocenters. The number of anilines is 1. The first kappa shape index (κ1) is 10.9. The molecule has 0 saturated carbocycles. The maximum absolute atomic E-state index is 11.7. The van der Waals surface area contributed by atoms with Gasteiger partial charge in [-0.05, 0) is 24.6 Å². The van der Waals surface area contributed by atoms with Crippen LogP contribution in [0, 0.1) is 0 Å². The zero-order chi connectivity index (χ0) is 11.0. The molecule has 0 fully saturated rings. The molecule has 1 aromatic rings. The van der Waals surface area contributed by atoms with E-state index in [-0.39, 0.29) is 11.2 Å². The first-order valence-corrected chi connectivity index (χ1v) is 6.32. The van der Waals surface area contributed by atoms with E-state index < -0.39 is 0 Å². The van der Waals surface area contributed by atoms with Crippen molar-refractivity contribution in [2.24, 2.45) is 0 Å². The lowest BCUT2D eigenvalue weighted by molar-refractivity contribution is -0.117. The summed E-state index contributed by atoms with van der Waals surface area (Å²) >= 11 is 5.88. The molecule has 80 valence electrons. The molecule has 2 rings (SSSR count). The number of hydrogen-bond donors (Lipinski definition) is 1. The smallest absolute Gasteiger partial charge is 0.239 e. The molecule has 0 aliphatic carbocycles. The van der Waals surface area contributed by atoms with Gasteiger partial charge in [-0.2, -0.15) is 12.6 Å². The minimum atomic E-state index is 0.0117. The summed E-state index contributed by atoms with van der Waals surface area (Å²) in [7, 11) is 1.83. The quantitative estimate of drug-likeness (QED) is 0.760. The predicted octanol–water partition coefficient (Wildman–Crippen LogP) is 2.57. The zero-order valence-corrected chi connectivity index (χ0v) is 10.4. The van der Waals surface area contributed by atoms with Crippen molar-refractivity contribution in [3.8, 4) is 0 Å². The lowest BCUT2D eigenvalue weighted by Gasteiger charge is -2.29. The Morgan fingerprint density at radius 3 is 2.93 bits per heavy atom. The fourth-order valence-corrected chi connectivity index (χ4v) is 3.04. The monoisotopic (exact) mass is 239 g/mol. The van der Waals surface area contributed by atoms with Crippen LogP contribution in [0.15, 0.2) is 23.1 Å². The van der Waals surface area contributed by atoms with Gasteiger partial charge in [0.05, 0.1) is 10.9 Å². The van der Waals surface area contributed by atoms with E-state index in [1.165, 1.54) is 10.5 Å². The van der Waals surface area contributed by atoms with Gasteiger partial charge in [-0.1, -0.05) is 6.07 Å². The third-order valence-corrected chi connectivity index (χ3v) is 4.05. The van der Waals surface area contributed by atoms with Crippen LogP contribution in [-0.4, -0.2) is 18.2 Å². The molecule has 0 aromatic heterocycles. The van der Waals surface area contributed by atoms with Gasteiger partial charge in [-0.25, -0.2) is 0 Å². The molecule has 1 atom stereocenters. The average molecular weight is 239 g/mol. The average Bonchev–Trinajstić information content (AvgIpc) is 2.25. The molecule has 0 saturated heterocycles. The Labute approximate surface area is 99.4 Å². The molecule has 4 heteroatoms. The van der Waals surface area contributed by atoms with Gasteiger partial charge < -0.3 is 4.90 Å². The number of benzene rings is 1. The molecule has 1 aromatic carbocycles. The van der Waals surface area contributed by atoms with Crippen molar-refractivity contribution in [3.05, 3.63) is 23.8 Å². The van der Waals surface area contributed by atoms with E-state index in [1.807, 2.05) is 26.1 Å². The Morgan fingerprint density at radius 2 is 2.27 bits per heavy atom. The van der Waals surface area contributed by atoms with E-state index in [9.17, 15) is 4.79 Å². The highest BCUT2D eigenvalue weighted by molar-refractivity contribution is 8.01. The minimum absolute atomic E-state index is 0.0117. The van der Waals surface area contributed by atoms with Crippen LogP contribution in [0.4, 0.5) is 5.69 Å². The van der Waals surface area contributed by atoms with Crippen molar-refractivity contribution in [1.29, 1.82) is 0 Å². The van der Waals surface area contributed by atoms with Crippen molar-refractivity contribution < 1.29 is 4.79 Å². The normalized spacial score (nSPS) is 20.3. The number of carbonyl (C=O) groups excluding carboxylic acids is 1. The Balaban J connectivity index is 2.45. The number of thiol groups is 1. The summed E-state index contributed by atoms with van der Waals surface area (Å²) in [5.74, 6) is 0.908. The van der Waals surface area contributed by atoms with E-state index in [0.717, 1.165) is 11.4 Å². The second-order valence-electron chi connectivity index (χ2n) is 3.62. The first-order chi connectivity index (χ1) is 7.13. The molecule has 1 heterocycles. The van der Waals surface area contributed by atoms with Crippen LogP contribution in [0.1, 0.15) is 12.5 Å². The standard InChI is InChI=1S/C11H13NOS2/c1-7-11(13)12(2)9-4-3-8(6-14)5-10(9)15-7/h3-5,7,14H,6H2,1-2H3. The van der Waals surface area contributed by atoms with Crippen molar-refractivity contribution in [2.45, 2.75) is 22.8 Å². The number of carbonyl (C=O) groups is 1. The fraction of sp³-hybridized carbons (Fsp3) is 0.364. The molecule has 0 radical (unpaired) electrons. The van der Waals surface area contributed by atoms with Crippen LogP contribution < -0.4 is 4.90 Å². The molecule has 2 nitrogen and oxygen atoms in total. The number of fused-ring (bicyclic) bond motifs is 1. The number of nitrogens with zero attached hydrogens (tertiary/aromatic N) is 1. The minimum Gasteiger partial charge on any atom is -0.313 e. The molecule has 1 amide bonds. The van der Waals surface area contributed by atoms with Crippen LogP contribution in [0.2, 0.25) is 0 Å². The highest BCUT2D eigenvalue weighted by atomic mass is 32.2. The Kier molecular flexibility index (Phi) is 2.98. The Morgan fingerprint density at radius 1 is 1.53 bits per heavy atom. The third kappa shape index (κ3) is 1.88. The van der Waals surface area contributed by atoms with Gasteiger partial charge >= 0.3 is 0 Å². The number of rotatable bonds is 1. The fourth-order valence-electron chi connectivity index (χ4n) is 1.66. The maximum Gasteiger partial charge on any atom is 0.239 e. The molecule has 1 aliphatic heterocycles. The SMILES string of the molecule is CC1Sc2cc(CS)ccc2N(C)C1=O. The highest BCUT2D eigenvalue weighted by Crippen LogP contribution is 2.38. The van der Waals surface area contributed by atoms with E-state index in [2.05, 4.69) is 18.7 Å². The van der Waals surface area contributed by atoms with Gasteiger partial charge in [-0.15, -0.1) is 11.8 Å². The van der Waals surface area contributed by atoms with Crippen molar-refractivity contribution in [1.82, 2.24) is 0 Å². The van der Waals surface area contributed by atoms with Gasteiger partial charge in [0.15, 0.2) is 0 Å². The van der Waals surface area contributed by atoms with Gasteiger partial charge in [0.2, 0.25) is 5.91 Å². The molecule has 0 spiro atoms. The molecule has 15 heavy (non-hydrogen) atoms. The number of amides is 1. The molecule has 1 aliphatic rings. The summed E-state index contributed by atoms with van der Waals surface area (Å²) in [4.78, 5) is 14.6. The van der Waals surface area contributed by atoms with Gasteiger partial charge in [0.1, 0.15) is 0 Å². The molecule has 0 N–H and O–H groups in total. The molecule has 0 bridgehead atoms. The van der Waals surface area contributed by atoms with E-state index in [0.29, 0.717) is 0 Å². The van der Waals surface area contributed by atoms with E-state index >= 15 is 0 Å². The van der Waals surface area contributed by atoms with Crippen molar-refractivity contribution >= 4 is 36.0 Å². The molecular weight excluding hydrogens is 226 g/mol. The lowest BCUT2D eigenvalue weighted by Crippen LogP contribution is -2.36. The Hall–Kier alpha value is -0.610.